The van der Waals surface area contributed by atoms with Crippen LogP contribution in [-0.4, -0.2) is 25.2 Å². The average Bonchev–Trinajstić information content (AvgIpc) is 2.81. The second-order valence-corrected chi connectivity index (χ2v) is 7.96. The molecule has 0 unspecified atom stereocenters. The first-order valence-electron chi connectivity index (χ1n) is 9.84. The number of carbonyl (C=O) groups is 1. The normalized spacial score (nSPS) is 10.7. The van der Waals surface area contributed by atoms with E-state index < -0.39 is 22.9 Å². The molecule has 0 fully saturated rings. The first kappa shape index (κ1) is 22.4. The van der Waals surface area contributed by atoms with Gasteiger partial charge in [-0.05, 0) is 47.5 Å². The molecule has 0 spiro atoms. The zero-order chi connectivity index (χ0) is 23.4. The predicted molar refractivity (Wildman–Crippen MR) is 125 cm³/mol. The molecule has 166 valence electrons. The molecule has 4 aromatic rings. The van der Waals surface area contributed by atoms with E-state index in [1.807, 2.05) is 0 Å². The van der Waals surface area contributed by atoms with Crippen LogP contribution in [0.4, 0.5) is 0 Å². The first-order chi connectivity index (χ1) is 15.9. The van der Waals surface area contributed by atoms with E-state index in [0.29, 0.717) is 21.3 Å². The van der Waals surface area contributed by atoms with Crippen LogP contribution in [0.1, 0.15) is 21.6 Å². The third-order valence-corrected chi connectivity index (χ3v) is 5.20. The smallest absolute Gasteiger partial charge is 0.346 e. The van der Waals surface area contributed by atoms with Gasteiger partial charge in [-0.1, -0.05) is 47.5 Å². The molecule has 0 radical (unpaired) electrons. The molecule has 2 aromatic heterocycles. The van der Waals surface area contributed by atoms with Gasteiger partial charge >= 0.3 is 5.69 Å². The summed E-state index contributed by atoms with van der Waals surface area (Å²) in [4.78, 5) is 43.2. The molecule has 10 heteroatoms. The lowest BCUT2D eigenvalue weighted by Crippen LogP contribution is -2.46. The van der Waals surface area contributed by atoms with E-state index in [1.54, 1.807) is 67.0 Å². The summed E-state index contributed by atoms with van der Waals surface area (Å²) in [6.45, 7) is 0.0442. The molecule has 33 heavy (non-hydrogen) atoms. The maximum atomic E-state index is 13.2. The van der Waals surface area contributed by atoms with Crippen molar-refractivity contribution in [1.29, 1.82) is 0 Å². The molecule has 1 amide bonds. The standard InChI is InChI=1S/C23H17Cl2N5O3/c24-17-6-1-4-15(10-17)14-29-22(32)20(21(31)27-13-16-5-3-9-26-12-16)28-30(23(29)33)19-8-2-7-18(25)11-19/h1-12H,13-14H2,(H,27,31). The fraction of sp³-hybridized carbons (Fsp3) is 0.0870. The summed E-state index contributed by atoms with van der Waals surface area (Å²) in [7, 11) is 0. The van der Waals surface area contributed by atoms with Crippen LogP contribution in [-0.2, 0) is 13.1 Å². The highest BCUT2D eigenvalue weighted by Crippen LogP contribution is 2.13. The molecule has 0 aliphatic carbocycles. The average molecular weight is 482 g/mol. The molecular weight excluding hydrogens is 465 g/mol. The number of halogens is 2. The van der Waals surface area contributed by atoms with E-state index in [-0.39, 0.29) is 13.1 Å². The van der Waals surface area contributed by atoms with Gasteiger partial charge < -0.3 is 5.32 Å². The lowest BCUT2D eigenvalue weighted by molar-refractivity contribution is 0.0941. The van der Waals surface area contributed by atoms with Crippen LogP contribution in [0.15, 0.2) is 82.6 Å². The highest BCUT2D eigenvalue weighted by molar-refractivity contribution is 6.31. The summed E-state index contributed by atoms with van der Waals surface area (Å²) in [6, 6.07) is 16.7. The second-order valence-electron chi connectivity index (χ2n) is 7.09. The maximum Gasteiger partial charge on any atom is 0.352 e. The number of hydrogen-bond donors (Lipinski definition) is 1. The predicted octanol–water partition coefficient (Wildman–Crippen LogP) is 3.07. The fourth-order valence-corrected chi connectivity index (χ4v) is 3.56. The molecular formula is C23H17Cl2N5O3. The van der Waals surface area contributed by atoms with E-state index in [1.165, 1.54) is 6.07 Å². The van der Waals surface area contributed by atoms with Gasteiger partial charge in [0.15, 0.2) is 0 Å². The number of aromatic nitrogens is 4. The summed E-state index contributed by atoms with van der Waals surface area (Å²) in [5, 5.41) is 7.55. The van der Waals surface area contributed by atoms with Crippen LogP contribution < -0.4 is 16.6 Å². The number of nitrogens with one attached hydrogen (secondary N) is 1. The van der Waals surface area contributed by atoms with Crippen molar-refractivity contribution in [3.8, 4) is 5.69 Å². The molecule has 4 rings (SSSR count). The van der Waals surface area contributed by atoms with Gasteiger partial charge in [0, 0.05) is 29.0 Å². The van der Waals surface area contributed by atoms with Crippen LogP contribution in [0.5, 0.6) is 0 Å². The number of amides is 1. The lowest BCUT2D eigenvalue weighted by atomic mass is 10.2. The Morgan fingerprint density at radius 2 is 1.67 bits per heavy atom. The molecule has 0 atom stereocenters. The number of hydrogen-bond acceptors (Lipinski definition) is 5. The molecule has 0 saturated heterocycles. The van der Waals surface area contributed by atoms with Crippen LogP contribution in [0.25, 0.3) is 5.69 Å². The summed E-state index contributed by atoms with van der Waals surface area (Å²) >= 11 is 12.1. The van der Waals surface area contributed by atoms with E-state index in [9.17, 15) is 14.4 Å². The van der Waals surface area contributed by atoms with Crippen LogP contribution in [0, 0.1) is 0 Å². The molecule has 0 saturated carbocycles. The number of benzene rings is 2. The molecule has 2 aromatic carbocycles. The SMILES string of the molecule is O=C(NCc1cccnc1)c1nn(-c2cccc(Cl)c2)c(=O)n(Cc2cccc(Cl)c2)c1=O. The Balaban J connectivity index is 1.79. The van der Waals surface area contributed by atoms with Gasteiger partial charge in [0.1, 0.15) is 0 Å². The monoisotopic (exact) mass is 481 g/mol. The largest absolute Gasteiger partial charge is 0.352 e. The summed E-state index contributed by atoms with van der Waals surface area (Å²) in [6.07, 6.45) is 3.21. The minimum absolute atomic E-state index is 0.0931. The zero-order valence-corrected chi connectivity index (χ0v) is 18.6. The van der Waals surface area contributed by atoms with Gasteiger partial charge in [-0.15, -0.1) is 0 Å². The van der Waals surface area contributed by atoms with Crippen LogP contribution >= 0.6 is 23.2 Å². The van der Waals surface area contributed by atoms with E-state index in [4.69, 9.17) is 23.2 Å². The maximum absolute atomic E-state index is 13.2. The van der Waals surface area contributed by atoms with Gasteiger partial charge in [0.05, 0.1) is 12.2 Å². The molecule has 1 N–H and O–H groups in total. The number of rotatable bonds is 6. The zero-order valence-electron chi connectivity index (χ0n) is 17.1. The topological polar surface area (TPSA) is 98.9 Å². The van der Waals surface area contributed by atoms with Gasteiger partial charge in [0.2, 0.25) is 5.69 Å². The van der Waals surface area contributed by atoms with Gasteiger partial charge in [0.25, 0.3) is 11.5 Å². The number of carbonyl (C=O) groups excluding carboxylic acids is 1. The molecule has 2 heterocycles. The molecule has 0 aliphatic rings. The highest BCUT2D eigenvalue weighted by atomic mass is 35.5. The Kier molecular flexibility index (Phi) is 6.67. The van der Waals surface area contributed by atoms with E-state index in [0.717, 1.165) is 14.8 Å². The van der Waals surface area contributed by atoms with Crippen molar-refractivity contribution in [3.05, 3.63) is 121 Å². The number of nitrogens with zero attached hydrogens (tertiary/aromatic N) is 4. The Morgan fingerprint density at radius 3 is 2.36 bits per heavy atom. The van der Waals surface area contributed by atoms with Crippen molar-refractivity contribution in [1.82, 2.24) is 24.6 Å². The van der Waals surface area contributed by atoms with Gasteiger partial charge in [-0.3, -0.25) is 19.1 Å². The highest BCUT2D eigenvalue weighted by Gasteiger charge is 2.20. The van der Waals surface area contributed by atoms with Crippen LogP contribution in [0.3, 0.4) is 0 Å². The van der Waals surface area contributed by atoms with Crippen LogP contribution in [0.2, 0.25) is 10.0 Å². The third-order valence-electron chi connectivity index (χ3n) is 4.73. The van der Waals surface area contributed by atoms with Crippen molar-refractivity contribution in [2.75, 3.05) is 0 Å². The summed E-state index contributed by atoms with van der Waals surface area (Å²) in [5.41, 5.74) is -0.289. The molecule has 0 aliphatic heterocycles. The Labute approximate surface area is 198 Å². The molecule has 0 bridgehead atoms. The van der Waals surface area contributed by atoms with Crippen molar-refractivity contribution in [2.24, 2.45) is 0 Å². The van der Waals surface area contributed by atoms with E-state index in [2.05, 4.69) is 15.4 Å². The summed E-state index contributed by atoms with van der Waals surface area (Å²) in [5.74, 6) is -0.723. The molecule has 8 nitrogen and oxygen atoms in total. The first-order valence-corrected chi connectivity index (χ1v) is 10.6. The minimum Gasteiger partial charge on any atom is -0.346 e. The van der Waals surface area contributed by atoms with Gasteiger partial charge in [-0.2, -0.15) is 9.78 Å². The van der Waals surface area contributed by atoms with Gasteiger partial charge in [-0.25, -0.2) is 4.79 Å². The second kappa shape index (κ2) is 9.81. The van der Waals surface area contributed by atoms with E-state index >= 15 is 0 Å². The van der Waals surface area contributed by atoms with Crippen molar-refractivity contribution in [2.45, 2.75) is 13.1 Å². The Hall–Kier alpha value is -3.75. The lowest BCUT2D eigenvalue weighted by Gasteiger charge is -2.13. The quantitative estimate of drug-likeness (QED) is 0.456. The third kappa shape index (κ3) is 5.19. The number of pyridine rings is 1. The van der Waals surface area contributed by atoms with Crippen molar-refractivity contribution in [3.63, 3.8) is 0 Å². The summed E-state index contributed by atoms with van der Waals surface area (Å²) < 4.78 is 1.93. The van der Waals surface area contributed by atoms with Crippen molar-refractivity contribution < 1.29 is 4.79 Å². The Morgan fingerprint density at radius 1 is 0.939 bits per heavy atom. The minimum atomic E-state index is -0.818. The van der Waals surface area contributed by atoms with Crippen molar-refractivity contribution >= 4 is 29.1 Å². The Bertz CT molecular complexity index is 1430. The fourth-order valence-electron chi connectivity index (χ4n) is 3.16.